The molecule has 0 aliphatic heterocycles. The molecule has 2 rings (SSSR count). The minimum Gasteiger partial charge on any atom is -0.334 e. The molecule has 0 aliphatic rings. The molecule has 2 amide bonds. The molecule has 122 valence electrons. The Morgan fingerprint density at radius 1 is 1.13 bits per heavy atom. The third kappa shape index (κ3) is 5.14. The summed E-state index contributed by atoms with van der Waals surface area (Å²) in [5, 5.41) is 4.69. The van der Waals surface area contributed by atoms with E-state index in [1.165, 1.54) is 6.07 Å². The van der Waals surface area contributed by atoms with E-state index in [4.69, 9.17) is 11.6 Å². The van der Waals surface area contributed by atoms with Gasteiger partial charge in [-0.05, 0) is 42.0 Å². The average Bonchev–Trinajstić information content (AvgIpc) is 2.47. The number of halogens is 5. The second-order valence-electron chi connectivity index (χ2n) is 4.63. The molecule has 3 nitrogen and oxygen atoms in total. The van der Waals surface area contributed by atoms with Crippen LogP contribution in [0.25, 0.3) is 0 Å². The van der Waals surface area contributed by atoms with Gasteiger partial charge in [0.1, 0.15) is 0 Å². The molecular formula is C15H11BrClF3N2O. The quantitative estimate of drug-likeness (QED) is 0.698. The van der Waals surface area contributed by atoms with Crippen LogP contribution in [0.5, 0.6) is 0 Å². The summed E-state index contributed by atoms with van der Waals surface area (Å²) in [5.41, 5.74) is -0.0581. The number of carbonyl (C=O) groups is 1. The molecule has 0 saturated heterocycles. The fraction of sp³-hybridized carbons (Fsp3) is 0.133. The summed E-state index contributed by atoms with van der Waals surface area (Å²) < 4.78 is 39.1. The van der Waals surface area contributed by atoms with Crippen LogP contribution in [0, 0.1) is 0 Å². The largest absolute Gasteiger partial charge is 0.417 e. The Hall–Kier alpha value is -1.73. The monoisotopic (exact) mass is 406 g/mol. The van der Waals surface area contributed by atoms with E-state index in [1.807, 2.05) is 0 Å². The Morgan fingerprint density at radius 3 is 2.39 bits per heavy atom. The second-order valence-corrected chi connectivity index (χ2v) is 5.95. The molecular weight excluding hydrogens is 397 g/mol. The standard InChI is InChI=1S/C15H11BrClF3N2O/c16-10-2-4-11(5-3-10)22-14(23)21-8-9-1-6-13(17)12(7-9)15(18,19)20/h1-7H,8H2,(H2,21,22,23). The maximum absolute atomic E-state index is 12.8. The number of urea groups is 1. The predicted octanol–water partition coefficient (Wildman–Crippen LogP) is 5.44. The lowest BCUT2D eigenvalue weighted by Gasteiger charge is -2.12. The van der Waals surface area contributed by atoms with E-state index in [0.717, 1.165) is 16.6 Å². The Kier molecular flexibility index (Phi) is 5.54. The van der Waals surface area contributed by atoms with Crippen molar-refractivity contribution in [1.29, 1.82) is 0 Å². The third-order valence-corrected chi connectivity index (χ3v) is 3.75. The first kappa shape index (κ1) is 17.6. The fourth-order valence-electron chi connectivity index (χ4n) is 1.79. The van der Waals surface area contributed by atoms with Crippen molar-refractivity contribution in [3.05, 3.63) is 63.1 Å². The highest BCUT2D eigenvalue weighted by Crippen LogP contribution is 2.35. The summed E-state index contributed by atoms with van der Waals surface area (Å²) in [7, 11) is 0. The highest BCUT2D eigenvalue weighted by Gasteiger charge is 2.33. The Labute approximate surface area is 144 Å². The summed E-state index contributed by atoms with van der Waals surface area (Å²) in [5.74, 6) is 0. The fourth-order valence-corrected chi connectivity index (χ4v) is 2.28. The van der Waals surface area contributed by atoms with Crippen molar-refractivity contribution in [2.24, 2.45) is 0 Å². The van der Waals surface area contributed by atoms with Crippen LogP contribution in [0.1, 0.15) is 11.1 Å². The Balaban J connectivity index is 1.98. The first-order valence-corrected chi connectivity index (χ1v) is 7.59. The molecule has 0 aromatic heterocycles. The van der Waals surface area contributed by atoms with Crippen molar-refractivity contribution >= 4 is 39.2 Å². The van der Waals surface area contributed by atoms with Gasteiger partial charge >= 0.3 is 12.2 Å². The highest BCUT2D eigenvalue weighted by atomic mass is 79.9. The van der Waals surface area contributed by atoms with Gasteiger partial charge < -0.3 is 10.6 Å². The van der Waals surface area contributed by atoms with E-state index in [1.54, 1.807) is 24.3 Å². The number of amides is 2. The van der Waals surface area contributed by atoms with E-state index >= 15 is 0 Å². The molecule has 8 heteroatoms. The van der Waals surface area contributed by atoms with Crippen molar-refractivity contribution in [1.82, 2.24) is 5.32 Å². The van der Waals surface area contributed by atoms with Gasteiger partial charge in [0.2, 0.25) is 0 Å². The molecule has 0 aliphatic carbocycles. The van der Waals surface area contributed by atoms with Gasteiger partial charge in [-0.15, -0.1) is 0 Å². The van der Waals surface area contributed by atoms with Gasteiger partial charge in [0, 0.05) is 16.7 Å². The van der Waals surface area contributed by atoms with Crippen LogP contribution >= 0.6 is 27.5 Å². The molecule has 2 aromatic carbocycles. The van der Waals surface area contributed by atoms with Gasteiger partial charge in [-0.3, -0.25) is 0 Å². The molecule has 0 atom stereocenters. The van der Waals surface area contributed by atoms with E-state index in [-0.39, 0.29) is 11.6 Å². The van der Waals surface area contributed by atoms with Gasteiger partial charge in [-0.25, -0.2) is 4.79 Å². The minimum absolute atomic E-state index is 0.0530. The summed E-state index contributed by atoms with van der Waals surface area (Å²) in [6.45, 7) is -0.0530. The molecule has 0 radical (unpaired) electrons. The number of carbonyl (C=O) groups excluding carboxylic acids is 1. The molecule has 0 heterocycles. The van der Waals surface area contributed by atoms with E-state index in [2.05, 4.69) is 26.6 Å². The zero-order chi connectivity index (χ0) is 17.0. The topological polar surface area (TPSA) is 41.1 Å². The number of nitrogens with one attached hydrogen (secondary N) is 2. The second kappa shape index (κ2) is 7.23. The molecule has 2 aromatic rings. The lowest BCUT2D eigenvalue weighted by Crippen LogP contribution is -2.28. The molecule has 23 heavy (non-hydrogen) atoms. The van der Waals surface area contributed by atoms with E-state index in [0.29, 0.717) is 11.3 Å². The Morgan fingerprint density at radius 2 is 1.78 bits per heavy atom. The van der Waals surface area contributed by atoms with Crippen molar-refractivity contribution in [3.63, 3.8) is 0 Å². The van der Waals surface area contributed by atoms with Crippen LogP contribution in [0.2, 0.25) is 5.02 Å². The maximum atomic E-state index is 12.8. The van der Waals surface area contributed by atoms with Gasteiger partial charge in [-0.1, -0.05) is 33.6 Å². The smallest absolute Gasteiger partial charge is 0.334 e. The van der Waals surface area contributed by atoms with Crippen molar-refractivity contribution in [2.75, 3.05) is 5.32 Å². The zero-order valence-corrected chi connectivity index (χ0v) is 13.9. The van der Waals surface area contributed by atoms with E-state index < -0.39 is 17.8 Å². The lowest BCUT2D eigenvalue weighted by molar-refractivity contribution is -0.137. The van der Waals surface area contributed by atoms with Gasteiger partial charge in [0.15, 0.2) is 0 Å². The zero-order valence-electron chi connectivity index (χ0n) is 11.5. The first-order valence-electron chi connectivity index (χ1n) is 6.42. The van der Waals surface area contributed by atoms with E-state index in [9.17, 15) is 18.0 Å². The van der Waals surface area contributed by atoms with Crippen LogP contribution in [0.3, 0.4) is 0 Å². The number of hydrogen-bond acceptors (Lipinski definition) is 1. The number of rotatable bonds is 3. The van der Waals surface area contributed by atoms with Crippen LogP contribution in [-0.4, -0.2) is 6.03 Å². The van der Waals surface area contributed by atoms with Crippen LogP contribution in [0.4, 0.5) is 23.7 Å². The summed E-state index contributed by atoms with van der Waals surface area (Å²) in [6.07, 6.45) is -4.53. The van der Waals surface area contributed by atoms with Gasteiger partial charge in [0.25, 0.3) is 0 Å². The number of hydrogen-bond donors (Lipinski definition) is 2. The maximum Gasteiger partial charge on any atom is 0.417 e. The molecule has 0 spiro atoms. The highest BCUT2D eigenvalue weighted by molar-refractivity contribution is 9.10. The Bertz CT molecular complexity index is 705. The normalized spacial score (nSPS) is 11.2. The summed E-state index contributed by atoms with van der Waals surface area (Å²) in [6, 6.07) is 9.88. The van der Waals surface area contributed by atoms with Crippen molar-refractivity contribution < 1.29 is 18.0 Å². The summed E-state index contributed by atoms with van der Waals surface area (Å²) >= 11 is 8.81. The summed E-state index contributed by atoms with van der Waals surface area (Å²) in [4.78, 5) is 11.7. The van der Waals surface area contributed by atoms with Crippen molar-refractivity contribution in [3.8, 4) is 0 Å². The minimum atomic E-state index is -4.53. The van der Waals surface area contributed by atoms with Crippen LogP contribution in [0.15, 0.2) is 46.9 Å². The predicted molar refractivity (Wildman–Crippen MR) is 86.5 cm³/mol. The lowest BCUT2D eigenvalue weighted by atomic mass is 10.1. The van der Waals surface area contributed by atoms with Crippen molar-refractivity contribution in [2.45, 2.75) is 12.7 Å². The first-order chi connectivity index (χ1) is 10.8. The molecule has 0 bridgehead atoms. The van der Waals surface area contributed by atoms with Crippen LogP contribution in [-0.2, 0) is 12.7 Å². The molecule has 2 N–H and O–H groups in total. The number of anilines is 1. The number of alkyl halides is 3. The van der Waals surface area contributed by atoms with Gasteiger partial charge in [0.05, 0.1) is 10.6 Å². The average molecular weight is 408 g/mol. The van der Waals surface area contributed by atoms with Gasteiger partial charge in [-0.2, -0.15) is 13.2 Å². The molecule has 0 saturated carbocycles. The SMILES string of the molecule is O=C(NCc1ccc(Cl)c(C(F)(F)F)c1)Nc1ccc(Br)cc1. The third-order valence-electron chi connectivity index (χ3n) is 2.89. The molecule has 0 unspecified atom stereocenters. The van der Waals surface area contributed by atoms with Crippen LogP contribution < -0.4 is 10.6 Å². The molecule has 0 fully saturated rings. The number of benzene rings is 2.